The molecule has 1 saturated carbocycles. The standard InChI is InChI=1S/C13H24O5S/c1-12(2)10(5-6-18-19(4,14)15)9-11(12)13(3)16-7-8-17-13/h10-11H,5-9H2,1-4H3. The van der Waals surface area contributed by atoms with Gasteiger partial charge in [0.1, 0.15) is 0 Å². The molecular weight excluding hydrogens is 268 g/mol. The zero-order valence-corrected chi connectivity index (χ0v) is 13.0. The van der Waals surface area contributed by atoms with Crippen molar-refractivity contribution in [3.05, 3.63) is 0 Å². The van der Waals surface area contributed by atoms with Crippen LogP contribution in [0.4, 0.5) is 0 Å². The second-order valence-electron chi connectivity index (χ2n) is 6.33. The summed E-state index contributed by atoms with van der Waals surface area (Å²) in [5.41, 5.74) is 0.0833. The van der Waals surface area contributed by atoms with Gasteiger partial charge >= 0.3 is 0 Å². The van der Waals surface area contributed by atoms with Crippen molar-refractivity contribution in [1.82, 2.24) is 0 Å². The van der Waals surface area contributed by atoms with Crippen molar-refractivity contribution < 1.29 is 22.1 Å². The topological polar surface area (TPSA) is 61.8 Å². The lowest BCUT2D eigenvalue weighted by molar-refractivity contribution is -0.254. The summed E-state index contributed by atoms with van der Waals surface area (Å²) < 4.78 is 38.2. The van der Waals surface area contributed by atoms with Gasteiger partial charge in [0.05, 0.1) is 26.1 Å². The fraction of sp³-hybridized carbons (Fsp3) is 1.00. The summed E-state index contributed by atoms with van der Waals surface area (Å²) in [7, 11) is -3.33. The molecule has 1 saturated heterocycles. The first kappa shape index (κ1) is 15.2. The molecule has 0 spiro atoms. The lowest BCUT2D eigenvalue weighted by Gasteiger charge is -2.57. The molecule has 0 aromatic heterocycles. The van der Waals surface area contributed by atoms with Crippen LogP contribution in [-0.4, -0.2) is 40.3 Å². The average Bonchev–Trinajstić information content (AvgIpc) is 2.68. The molecular formula is C13H24O5S. The number of ether oxygens (including phenoxy) is 2. The van der Waals surface area contributed by atoms with Gasteiger partial charge in [-0.05, 0) is 31.1 Å². The highest BCUT2D eigenvalue weighted by Gasteiger charge is 2.57. The van der Waals surface area contributed by atoms with E-state index in [4.69, 9.17) is 13.7 Å². The zero-order valence-electron chi connectivity index (χ0n) is 12.1. The van der Waals surface area contributed by atoms with E-state index in [0.717, 1.165) is 19.1 Å². The van der Waals surface area contributed by atoms with E-state index < -0.39 is 15.9 Å². The fourth-order valence-electron chi connectivity index (χ4n) is 3.47. The van der Waals surface area contributed by atoms with E-state index in [0.29, 0.717) is 25.0 Å². The van der Waals surface area contributed by atoms with E-state index >= 15 is 0 Å². The molecule has 5 nitrogen and oxygen atoms in total. The summed E-state index contributed by atoms with van der Waals surface area (Å²) in [5.74, 6) is 0.326. The van der Waals surface area contributed by atoms with Crippen LogP contribution < -0.4 is 0 Å². The molecule has 19 heavy (non-hydrogen) atoms. The Kier molecular flexibility index (Phi) is 3.99. The Morgan fingerprint density at radius 3 is 2.26 bits per heavy atom. The first-order chi connectivity index (χ1) is 8.65. The van der Waals surface area contributed by atoms with Gasteiger partial charge in [0, 0.05) is 5.92 Å². The molecule has 0 amide bonds. The van der Waals surface area contributed by atoms with E-state index in [2.05, 4.69) is 13.8 Å². The molecule has 2 rings (SSSR count). The fourth-order valence-corrected chi connectivity index (χ4v) is 3.87. The summed E-state index contributed by atoms with van der Waals surface area (Å²) in [5, 5.41) is 0. The predicted molar refractivity (Wildman–Crippen MR) is 71.1 cm³/mol. The maximum Gasteiger partial charge on any atom is 0.264 e. The highest BCUT2D eigenvalue weighted by atomic mass is 32.2. The summed E-state index contributed by atoms with van der Waals surface area (Å²) in [6.45, 7) is 7.98. The molecule has 1 aliphatic heterocycles. The molecule has 2 aliphatic rings. The molecule has 0 radical (unpaired) electrons. The first-order valence-electron chi connectivity index (χ1n) is 6.77. The Morgan fingerprint density at radius 2 is 1.79 bits per heavy atom. The van der Waals surface area contributed by atoms with Crippen LogP contribution in [0, 0.1) is 17.3 Å². The van der Waals surface area contributed by atoms with Gasteiger partial charge < -0.3 is 9.47 Å². The van der Waals surface area contributed by atoms with Gasteiger partial charge in [-0.2, -0.15) is 8.42 Å². The van der Waals surface area contributed by atoms with Crippen molar-refractivity contribution in [2.75, 3.05) is 26.1 Å². The van der Waals surface area contributed by atoms with Gasteiger partial charge in [0.2, 0.25) is 0 Å². The summed E-state index contributed by atoms with van der Waals surface area (Å²) in [6, 6.07) is 0. The van der Waals surface area contributed by atoms with Gasteiger partial charge in [0.25, 0.3) is 10.1 Å². The Balaban J connectivity index is 1.87. The summed E-state index contributed by atoms with van der Waals surface area (Å²) in [6.07, 6.45) is 2.84. The van der Waals surface area contributed by atoms with Gasteiger partial charge in [-0.25, -0.2) is 0 Å². The summed E-state index contributed by atoms with van der Waals surface area (Å²) >= 11 is 0. The normalized spacial score (nSPS) is 33.1. The van der Waals surface area contributed by atoms with Crippen molar-refractivity contribution in [3.8, 4) is 0 Å². The SMILES string of the molecule is CC1(C2CC(CCOS(C)(=O)=O)C2(C)C)OCCO1. The second kappa shape index (κ2) is 4.98. The molecule has 0 bridgehead atoms. The second-order valence-corrected chi connectivity index (χ2v) is 7.98. The van der Waals surface area contributed by atoms with Crippen LogP contribution in [0.2, 0.25) is 0 Å². The molecule has 2 unspecified atom stereocenters. The van der Waals surface area contributed by atoms with Crippen LogP contribution >= 0.6 is 0 Å². The maximum absolute atomic E-state index is 10.9. The summed E-state index contributed by atoms with van der Waals surface area (Å²) in [4.78, 5) is 0. The molecule has 0 aromatic rings. The minimum atomic E-state index is -3.33. The van der Waals surface area contributed by atoms with Crippen molar-refractivity contribution in [2.45, 2.75) is 39.4 Å². The average molecular weight is 292 g/mol. The molecule has 1 aliphatic carbocycles. The Morgan fingerprint density at radius 1 is 1.21 bits per heavy atom. The Bertz CT molecular complexity index is 422. The molecule has 0 N–H and O–H groups in total. The lowest BCUT2D eigenvalue weighted by atomic mass is 9.51. The van der Waals surface area contributed by atoms with Crippen LogP contribution in [-0.2, 0) is 23.8 Å². The molecule has 1 heterocycles. The zero-order chi connectivity index (χ0) is 14.3. The smallest absolute Gasteiger partial charge is 0.264 e. The van der Waals surface area contributed by atoms with Crippen molar-refractivity contribution >= 4 is 10.1 Å². The number of hydrogen-bond donors (Lipinski definition) is 0. The lowest BCUT2D eigenvalue weighted by Crippen LogP contribution is -2.56. The first-order valence-corrected chi connectivity index (χ1v) is 8.59. The Hall–Kier alpha value is -0.170. The molecule has 2 atom stereocenters. The number of hydrogen-bond acceptors (Lipinski definition) is 5. The van der Waals surface area contributed by atoms with E-state index in [-0.39, 0.29) is 12.0 Å². The van der Waals surface area contributed by atoms with E-state index in [1.807, 2.05) is 6.92 Å². The molecule has 6 heteroatoms. The predicted octanol–water partition coefficient (Wildman–Crippen LogP) is 1.78. The van der Waals surface area contributed by atoms with Crippen molar-refractivity contribution in [2.24, 2.45) is 17.3 Å². The third kappa shape index (κ3) is 3.12. The van der Waals surface area contributed by atoms with E-state index in [9.17, 15) is 8.42 Å². The molecule has 2 fully saturated rings. The van der Waals surface area contributed by atoms with Crippen molar-refractivity contribution in [1.29, 1.82) is 0 Å². The van der Waals surface area contributed by atoms with Crippen LogP contribution in [0.1, 0.15) is 33.6 Å². The van der Waals surface area contributed by atoms with Crippen LogP contribution in [0.25, 0.3) is 0 Å². The monoisotopic (exact) mass is 292 g/mol. The largest absolute Gasteiger partial charge is 0.348 e. The quantitative estimate of drug-likeness (QED) is 0.723. The highest BCUT2D eigenvalue weighted by Crippen LogP contribution is 2.58. The van der Waals surface area contributed by atoms with Gasteiger partial charge in [-0.3, -0.25) is 4.18 Å². The van der Waals surface area contributed by atoms with Crippen molar-refractivity contribution in [3.63, 3.8) is 0 Å². The third-order valence-corrected chi connectivity index (χ3v) is 5.32. The van der Waals surface area contributed by atoms with Crippen LogP contribution in [0.15, 0.2) is 0 Å². The van der Waals surface area contributed by atoms with E-state index in [1.54, 1.807) is 0 Å². The third-order valence-electron chi connectivity index (χ3n) is 4.73. The Labute approximate surface area is 115 Å². The molecule has 112 valence electrons. The minimum Gasteiger partial charge on any atom is -0.348 e. The van der Waals surface area contributed by atoms with Crippen LogP contribution in [0.5, 0.6) is 0 Å². The van der Waals surface area contributed by atoms with Gasteiger partial charge in [0.15, 0.2) is 5.79 Å². The van der Waals surface area contributed by atoms with E-state index in [1.165, 1.54) is 0 Å². The molecule has 0 aromatic carbocycles. The number of rotatable bonds is 5. The highest BCUT2D eigenvalue weighted by molar-refractivity contribution is 7.85. The maximum atomic E-state index is 10.9. The van der Waals surface area contributed by atoms with Crippen LogP contribution in [0.3, 0.4) is 0 Å². The minimum absolute atomic E-state index is 0.0833. The van der Waals surface area contributed by atoms with Gasteiger partial charge in [-0.1, -0.05) is 13.8 Å². The van der Waals surface area contributed by atoms with Gasteiger partial charge in [-0.15, -0.1) is 0 Å².